The number of sulfonamides is 1. The Hall–Kier alpha value is -2.95. The summed E-state index contributed by atoms with van der Waals surface area (Å²) < 4.78 is 32.5. The number of ether oxygens (including phenoxy) is 1. The van der Waals surface area contributed by atoms with E-state index in [0.29, 0.717) is 49.7 Å². The molecule has 0 aliphatic carbocycles. The molecule has 0 spiro atoms. The van der Waals surface area contributed by atoms with Crippen LogP contribution in [0.3, 0.4) is 0 Å². The number of piperazine rings is 1. The number of amides is 1. The van der Waals surface area contributed by atoms with E-state index in [2.05, 4.69) is 21.7 Å². The minimum atomic E-state index is -3.15. The number of aryl methyl sites for hydroxylation is 1. The summed E-state index contributed by atoms with van der Waals surface area (Å²) in [5.74, 6) is 1.20. The molecule has 1 aliphatic rings. The molecule has 0 bridgehead atoms. The molecule has 2 heterocycles. The Labute approximate surface area is 194 Å². The van der Waals surface area contributed by atoms with Gasteiger partial charge in [-0.3, -0.25) is 9.69 Å². The zero-order valence-corrected chi connectivity index (χ0v) is 19.9. The number of nitrogens with zero attached hydrogens (tertiary/aromatic N) is 4. The highest BCUT2D eigenvalue weighted by Crippen LogP contribution is 2.24. The van der Waals surface area contributed by atoms with E-state index in [-0.39, 0.29) is 5.91 Å². The normalized spacial score (nSPS) is 15.6. The number of aromatic nitrogens is 2. The number of anilines is 1. The predicted octanol–water partition coefficient (Wildman–Crippen LogP) is 2.39. The van der Waals surface area contributed by atoms with Gasteiger partial charge in [0.15, 0.2) is 0 Å². The summed E-state index contributed by atoms with van der Waals surface area (Å²) in [6.45, 7) is 5.80. The third kappa shape index (κ3) is 5.02. The zero-order chi connectivity index (χ0) is 23.6. The summed E-state index contributed by atoms with van der Waals surface area (Å²) >= 11 is 0. The van der Waals surface area contributed by atoms with E-state index < -0.39 is 10.0 Å². The number of hydrogen-bond donors (Lipinski definition) is 1. The molecule has 1 aromatic heterocycles. The third-order valence-corrected chi connectivity index (χ3v) is 7.22. The van der Waals surface area contributed by atoms with E-state index >= 15 is 0 Å². The van der Waals surface area contributed by atoms with Gasteiger partial charge in [-0.25, -0.2) is 13.4 Å². The first-order valence-electron chi connectivity index (χ1n) is 10.9. The van der Waals surface area contributed by atoms with Crippen LogP contribution in [-0.4, -0.2) is 72.6 Å². The van der Waals surface area contributed by atoms with E-state index in [4.69, 9.17) is 9.72 Å². The van der Waals surface area contributed by atoms with Gasteiger partial charge in [-0.05, 0) is 37.3 Å². The summed E-state index contributed by atoms with van der Waals surface area (Å²) in [7, 11) is -1.61. The lowest BCUT2D eigenvalue weighted by Crippen LogP contribution is -2.48. The van der Waals surface area contributed by atoms with Gasteiger partial charge in [0.1, 0.15) is 11.6 Å². The van der Waals surface area contributed by atoms with E-state index in [1.54, 1.807) is 18.2 Å². The van der Waals surface area contributed by atoms with Crippen LogP contribution in [0.2, 0.25) is 0 Å². The second-order valence-corrected chi connectivity index (χ2v) is 10.1. The number of hydrogen-bond acceptors (Lipinski definition) is 6. The fourth-order valence-electron chi connectivity index (χ4n) is 4.18. The molecule has 0 unspecified atom stereocenters. The van der Waals surface area contributed by atoms with Gasteiger partial charge in [0.25, 0.3) is 5.91 Å². The van der Waals surface area contributed by atoms with Gasteiger partial charge in [0.2, 0.25) is 10.0 Å². The van der Waals surface area contributed by atoms with Crippen LogP contribution in [0, 0.1) is 0 Å². The fourth-order valence-corrected chi connectivity index (χ4v) is 5.01. The number of imidazole rings is 1. The van der Waals surface area contributed by atoms with Gasteiger partial charge in [0, 0.05) is 38.4 Å². The quantitative estimate of drug-likeness (QED) is 0.568. The van der Waals surface area contributed by atoms with Crippen molar-refractivity contribution in [2.75, 3.05) is 44.9 Å². The lowest BCUT2D eigenvalue weighted by atomic mass is 10.2. The Balaban J connectivity index is 1.52. The number of benzene rings is 2. The Kier molecular flexibility index (Phi) is 6.68. The van der Waals surface area contributed by atoms with Crippen molar-refractivity contribution < 1.29 is 17.9 Å². The van der Waals surface area contributed by atoms with Crippen LogP contribution < -0.4 is 10.1 Å². The van der Waals surface area contributed by atoms with Crippen molar-refractivity contribution in [2.45, 2.75) is 20.0 Å². The predicted molar refractivity (Wildman–Crippen MR) is 128 cm³/mol. The molecule has 1 aliphatic heterocycles. The third-order valence-electron chi connectivity index (χ3n) is 5.92. The molecule has 33 heavy (non-hydrogen) atoms. The summed E-state index contributed by atoms with van der Waals surface area (Å²) in [4.78, 5) is 19.8. The fraction of sp³-hybridized carbons (Fsp3) is 0.391. The van der Waals surface area contributed by atoms with Crippen molar-refractivity contribution >= 4 is 32.7 Å². The van der Waals surface area contributed by atoms with Gasteiger partial charge in [0.05, 0.1) is 36.5 Å². The summed E-state index contributed by atoms with van der Waals surface area (Å²) in [5.41, 5.74) is 2.93. The number of carbonyl (C=O) groups is 1. The molecule has 9 nitrogen and oxygen atoms in total. The van der Waals surface area contributed by atoms with E-state index in [1.807, 2.05) is 24.3 Å². The lowest BCUT2D eigenvalue weighted by Gasteiger charge is -2.32. The second kappa shape index (κ2) is 9.50. The Morgan fingerprint density at radius 3 is 2.52 bits per heavy atom. The summed E-state index contributed by atoms with van der Waals surface area (Å²) in [5, 5.41) is 2.93. The lowest BCUT2D eigenvalue weighted by molar-refractivity contribution is 0.102. The smallest absolute Gasteiger partial charge is 0.259 e. The topological polar surface area (TPSA) is 96.8 Å². The molecule has 0 atom stereocenters. The molecule has 1 amide bonds. The van der Waals surface area contributed by atoms with Crippen LogP contribution in [0.4, 0.5) is 5.69 Å². The van der Waals surface area contributed by atoms with Crippen LogP contribution in [0.15, 0.2) is 42.5 Å². The first kappa shape index (κ1) is 23.2. The maximum atomic E-state index is 12.7. The Morgan fingerprint density at radius 1 is 1.12 bits per heavy atom. The van der Waals surface area contributed by atoms with Gasteiger partial charge in [-0.2, -0.15) is 4.31 Å². The molecule has 3 aromatic rings. The molecule has 1 N–H and O–H groups in total. The highest BCUT2D eigenvalue weighted by molar-refractivity contribution is 7.88. The number of carbonyl (C=O) groups excluding carboxylic acids is 1. The first-order valence-corrected chi connectivity index (χ1v) is 12.8. The summed E-state index contributed by atoms with van der Waals surface area (Å²) in [6.07, 6.45) is 1.25. The van der Waals surface area contributed by atoms with Crippen molar-refractivity contribution in [3.63, 3.8) is 0 Å². The van der Waals surface area contributed by atoms with Gasteiger partial charge < -0.3 is 14.6 Å². The number of rotatable bonds is 7. The van der Waals surface area contributed by atoms with Crippen LogP contribution in [0.5, 0.6) is 5.75 Å². The standard InChI is InChI=1S/C23H29N5O4S/c1-4-28-20-10-9-17(24-23(29)18-7-5-6-8-21(18)32-2)15-19(20)25-22(28)16-26-11-13-27(14-12-26)33(3,30)31/h5-10,15H,4,11-14,16H2,1-3H3,(H,24,29). The van der Waals surface area contributed by atoms with E-state index in [1.165, 1.54) is 17.7 Å². The highest BCUT2D eigenvalue weighted by Gasteiger charge is 2.24. The molecule has 176 valence electrons. The van der Waals surface area contributed by atoms with E-state index in [0.717, 1.165) is 23.4 Å². The number of para-hydroxylation sites is 1. The Morgan fingerprint density at radius 2 is 1.85 bits per heavy atom. The van der Waals surface area contributed by atoms with Gasteiger partial charge >= 0.3 is 0 Å². The average Bonchev–Trinajstić information content (AvgIpc) is 3.14. The molecular formula is C23H29N5O4S. The number of methoxy groups -OCH3 is 1. The zero-order valence-electron chi connectivity index (χ0n) is 19.1. The molecule has 1 saturated heterocycles. The summed E-state index contributed by atoms with van der Waals surface area (Å²) in [6, 6.07) is 12.8. The molecule has 1 fully saturated rings. The highest BCUT2D eigenvalue weighted by atomic mass is 32.2. The number of fused-ring (bicyclic) bond motifs is 1. The van der Waals surface area contributed by atoms with Crippen molar-refractivity contribution in [2.24, 2.45) is 0 Å². The van der Waals surface area contributed by atoms with Crippen LogP contribution in [0.25, 0.3) is 11.0 Å². The van der Waals surface area contributed by atoms with Gasteiger partial charge in [-0.1, -0.05) is 12.1 Å². The first-order chi connectivity index (χ1) is 15.8. The van der Waals surface area contributed by atoms with E-state index in [9.17, 15) is 13.2 Å². The van der Waals surface area contributed by atoms with Crippen LogP contribution in [-0.2, 0) is 23.1 Å². The van der Waals surface area contributed by atoms with Crippen molar-refractivity contribution in [3.8, 4) is 5.75 Å². The van der Waals surface area contributed by atoms with Crippen molar-refractivity contribution in [1.29, 1.82) is 0 Å². The largest absolute Gasteiger partial charge is 0.496 e. The van der Waals surface area contributed by atoms with Crippen LogP contribution in [0.1, 0.15) is 23.1 Å². The SMILES string of the molecule is CCn1c(CN2CCN(S(C)(=O)=O)CC2)nc2cc(NC(=O)c3ccccc3OC)ccc21. The maximum absolute atomic E-state index is 12.7. The Bertz CT molecular complexity index is 1260. The van der Waals surface area contributed by atoms with Crippen LogP contribution >= 0.6 is 0 Å². The average molecular weight is 472 g/mol. The molecule has 2 aromatic carbocycles. The number of nitrogens with one attached hydrogen (secondary N) is 1. The molecule has 0 radical (unpaired) electrons. The maximum Gasteiger partial charge on any atom is 0.259 e. The van der Waals surface area contributed by atoms with Crippen molar-refractivity contribution in [1.82, 2.24) is 18.8 Å². The minimum Gasteiger partial charge on any atom is -0.496 e. The molecular weight excluding hydrogens is 442 g/mol. The van der Waals surface area contributed by atoms with Crippen molar-refractivity contribution in [3.05, 3.63) is 53.9 Å². The minimum absolute atomic E-state index is 0.245. The molecule has 4 rings (SSSR count). The molecule has 10 heteroatoms. The monoisotopic (exact) mass is 471 g/mol. The molecule has 0 saturated carbocycles. The second-order valence-electron chi connectivity index (χ2n) is 8.07. The van der Waals surface area contributed by atoms with Gasteiger partial charge in [-0.15, -0.1) is 0 Å².